The summed E-state index contributed by atoms with van der Waals surface area (Å²) in [6.07, 6.45) is 4.25. The highest BCUT2D eigenvalue weighted by atomic mass is 16.5. The predicted octanol–water partition coefficient (Wildman–Crippen LogP) is 2.46. The van der Waals surface area contributed by atoms with E-state index in [0.717, 1.165) is 29.4 Å². The highest BCUT2D eigenvalue weighted by molar-refractivity contribution is 5.99. The van der Waals surface area contributed by atoms with Gasteiger partial charge in [0.15, 0.2) is 0 Å². The van der Waals surface area contributed by atoms with Gasteiger partial charge in [0.25, 0.3) is 11.5 Å². The van der Waals surface area contributed by atoms with E-state index in [1.54, 1.807) is 29.0 Å². The van der Waals surface area contributed by atoms with Crippen LogP contribution in [-0.4, -0.2) is 51.9 Å². The second-order valence-electron chi connectivity index (χ2n) is 9.38. The van der Waals surface area contributed by atoms with Crippen molar-refractivity contribution in [3.05, 3.63) is 81.8 Å². The Morgan fingerprint density at radius 3 is 2.56 bits per heavy atom. The topological polar surface area (TPSA) is 97.8 Å². The molecule has 0 aliphatic carbocycles. The first-order valence-electron chi connectivity index (χ1n) is 12.0. The maximum absolute atomic E-state index is 13.2. The van der Waals surface area contributed by atoms with Crippen LogP contribution in [0.4, 0.5) is 0 Å². The van der Waals surface area contributed by atoms with Gasteiger partial charge in [-0.25, -0.2) is 0 Å². The quantitative estimate of drug-likeness (QED) is 0.563. The number of aliphatic hydroxyl groups excluding tert-OH is 1. The number of nitrogens with zero attached hydrogens (tertiary/aromatic N) is 2. The number of hydrogen-bond acceptors (Lipinski definition) is 5. The Kier molecular flexibility index (Phi) is 6.50. The second-order valence-corrected chi connectivity index (χ2v) is 9.38. The summed E-state index contributed by atoms with van der Waals surface area (Å²) >= 11 is 0. The number of carbonyl (C=O) groups excluding carboxylic acids is 1. The predicted molar refractivity (Wildman–Crippen MR) is 131 cm³/mol. The summed E-state index contributed by atoms with van der Waals surface area (Å²) in [5, 5.41) is 11.9. The molecule has 3 unspecified atom stereocenters. The smallest absolute Gasteiger partial charge is 0.258 e. The Bertz CT molecular complexity index is 1240. The lowest BCUT2D eigenvalue weighted by Crippen LogP contribution is -2.49. The first-order chi connectivity index (χ1) is 16.5. The molecule has 1 amide bonds. The number of carbonyl (C=O) groups is 1. The van der Waals surface area contributed by atoms with Gasteiger partial charge >= 0.3 is 0 Å². The van der Waals surface area contributed by atoms with E-state index in [0.29, 0.717) is 43.5 Å². The number of benzene rings is 2. The van der Waals surface area contributed by atoms with Crippen molar-refractivity contribution in [2.24, 2.45) is 5.73 Å². The van der Waals surface area contributed by atoms with E-state index in [4.69, 9.17) is 10.5 Å². The first-order valence-corrected chi connectivity index (χ1v) is 12.0. The van der Waals surface area contributed by atoms with E-state index in [1.807, 2.05) is 35.2 Å². The fourth-order valence-corrected chi connectivity index (χ4v) is 5.32. The third-order valence-electron chi connectivity index (χ3n) is 7.19. The van der Waals surface area contributed by atoms with Gasteiger partial charge in [-0.3, -0.25) is 9.59 Å². The van der Waals surface area contributed by atoms with Crippen molar-refractivity contribution >= 4 is 16.7 Å². The molecule has 7 nitrogen and oxygen atoms in total. The second kappa shape index (κ2) is 9.70. The van der Waals surface area contributed by atoms with Gasteiger partial charge in [-0.05, 0) is 66.5 Å². The number of fused-ring (bicyclic) bond motifs is 3. The molecule has 0 radical (unpaired) electrons. The van der Waals surface area contributed by atoms with E-state index in [9.17, 15) is 14.7 Å². The number of ether oxygens (including phenoxy) is 1. The summed E-state index contributed by atoms with van der Waals surface area (Å²) in [4.78, 5) is 28.2. The third kappa shape index (κ3) is 4.39. The average Bonchev–Trinajstić information content (AvgIpc) is 3.11. The Morgan fingerprint density at radius 2 is 1.82 bits per heavy atom. The molecular weight excluding hydrogens is 430 g/mol. The summed E-state index contributed by atoms with van der Waals surface area (Å²) < 4.78 is 7.14. The van der Waals surface area contributed by atoms with Gasteiger partial charge in [0, 0.05) is 23.7 Å². The highest BCUT2D eigenvalue weighted by Gasteiger charge is 2.40. The van der Waals surface area contributed by atoms with Crippen molar-refractivity contribution in [1.29, 1.82) is 0 Å². The summed E-state index contributed by atoms with van der Waals surface area (Å²) in [6, 6.07) is 15.4. The number of aryl methyl sites for hydroxylation is 1. The molecule has 2 fully saturated rings. The van der Waals surface area contributed by atoms with Crippen LogP contribution in [0.1, 0.15) is 40.7 Å². The molecule has 2 aliphatic rings. The molecule has 0 spiro atoms. The zero-order chi connectivity index (χ0) is 23.7. The van der Waals surface area contributed by atoms with Crippen molar-refractivity contribution in [3.8, 4) is 0 Å². The maximum atomic E-state index is 13.2. The van der Waals surface area contributed by atoms with Gasteiger partial charge in [-0.1, -0.05) is 24.3 Å². The van der Waals surface area contributed by atoms with Crippen molar-refractivity contribution in [1.82, 2.24) is 9.47 Å². The van der Waals surface area contributed by atoms with Crippen LogP contribution in [0.15, 0.2) is 59.5 Å². The van der Waals surface area contributed by atoms with Crippen LogP contribution >= 0.6 is 0 Å². The normalized spacial score (nSPS) is 20.6. The van der Waals surface area contributed by atoms with Crippen LogP contribution in [0.2, 0.25) is 0 Å². The van der Waals surface area contributed by atoms with Crippen LogP contribution in [0, 0.1) is 0 Å². The van der Waals surface area contributed by atoms with E-state index < -0.39 is 6.10 Å². The zero-order valence-electron chi connectivity index (χ0n) is 19.2. The number of pyridine rings is 1. The number of nitrogens with two attached hydrogens (primary N) is 1. The van der Waals surface area contributed by atoms with Crippen molar-refractivity contribution in [2.45, 2.75) is 57.0 Å². The minimum absolute atomic E-state index is 0.00932. The molecule has 2 bridgehead atoms. The Morgan fingerprint density at radius 1 is 1.09 bits per heavy atom. The molecule has 7 heteroatoms. The van der Waals surface area contributed by atoms with Crippen LogP contribution in [0.3, 0.4) is 0 Å². The van der Waals surface area contributed by atoms with Gasteiger partial charge in [-0.2, -0.15) is 0 Å². The summed E-state index contributed by atoms with van der Waals surface area (Å²) in [5.41, 5.74) is 8.44. The fourth-order valence-electron chi connectivity index (χ4n) is 5.32. The van der Waals surface area contributed by atoms with Gasteiger partial charge in [0.05, 0.1) is 37.9 Å². The molecule has 3 atom stereocenters. The van der Waals surface area contributed by atoms with E-state index in [2.05, 4.69) is 0 Å². The molecule has 3 aromatic rings. The van der Waals surface area contributed by atoms with Crippen LogP contribution in [0.5, 0.6) is 0 Å². The number of rotatable bonds is 7. The molecule has 0 saturated carbocycles. The first kappa shape index (κ1) is 22.8. The largest absolute Gasteiger partial charge is 0.391 e. The lowest BCUT2D eigenvalue weighted by Gasteiger charge is -2.34. The lowest BCUT2D eigenvalue weighted by atomic mass is 10.0. The van der Waals surface area contributed by atoms with Crippen molar-refractivity contribution in [3.63, 3.8) is 0 Å². The molecule has 1 aromatic heterocycles. The summed E-state index contributed by atoms with van der Waals surface area (Å²) in [7, 11) is 0. The van der Waals surface area contributed by atoms with Crippen LogP contribution in [-0.2, 0) is 24.2 Å². The fraction of sp³-hybridized carbons (Fsp3) is 0.407. The monoisotopic (exact) mass is 461 g/mol. The molecule has 178 valence electrons. The number of hydrogen-bond donors (Lipinski definition) is 2. The average molecular weight is 462 g/mol. The summed E-state index contributed by atoms with van der Waals surface area (Å²) in [6.45, 7) is 1.88. The standard InChI is InChI=1S/C27H31N3O4/c28-14-21-4-2-1-3-18(21)5-9-24(31)15-29-12-11-19-13-20(6-10-25(19)27(29)33)26(32)30-22-7-8-23(30)17-34-16-22/h1-4,6,10-13,22-24,31H,5,7-9,14-17,28H2. The highest BCUT2D eigenvalue weighted by Crippen LogP contribution is 2.30. The van der Waals surface area contributed by atoms with Crippen molar-refractivity contribution < 1.29 is 14.6 Å². The van der Waals surface area contributed by atoms with E-state index in [-0.39, 0.29) is 30.1 Å². The molecule has 3 heterocycles. The number of amides is 1. The minimum Gasteiger partial charge on any atom is -0.391 e. The molecule has 2 saturated heterocycles. The van der Waals surface area contributed by atoms with Gasteiger partial charge < -0.3 is 25.0 Å². The third-order valence-corrected chi connectivity index (χ3v) is 7.19. The molecule has 2 aliphatic heterocycles. The van der Waals surface area contributed by atoms with Gasteiger partial charge in [0.2, 0.25) is 0 Å². The van der Waals surface area contributed by atoms with Gasteiger partial charge in [0.1, 0.15) is 0 Å². The Balaban J connectivity index is 1.30. The van der Waals surface area contributed by atoms with Crippen LogP contribution < -0.4 is 11.3 Å². The molecule has 3 N–H and O–H groups in total. The number of morpholine rings is 1. The number of aliphatic hydroxyl groups is 1. The zero-order valence-corrected chi connectivity index (χ0v) is 19.2. The summed E-state index contributed by atoms with van der Waals surface area (Å²) in [5.74, 6) is 0.00932. The number of aromatic nitrogens is 1. The molecule has 34 heavy (non-hydrogen) atoms. The van der Waals surface area contributed by atoms with Crippen molar-refractivity contribution in [2.75, 3.05) is 13.2 Å². The molecule has 2 aromatic carbocycles. The molecular formula is C27H31N3O4. The van der Waals surface area contributed by atoms with E-state index >= 15 is 0 Å². The lowest BCUT2D eigenvalue weighted by molar-refractivity contribution is -0.00714. The SMILES string of the molecule is NCc1ccccc1CCC(O)Cn1ccc2cc(C(=O)N3C4CCC3COC4)ccc2c1=O. The Hall–Kier alpha value is -3.00. The minimum atomic E-state index is -0.654. The maximum Gasteiger partial charge on any atom is 0.258 e. The Labute approximate surface area is 198 Å². The van der Waals surface area contributed by atoms with Crippen LogP contribution in [0.25, 0.3) is 10.8 Å². The van der Waals surface area contributed by atoms with Gasteiger partial charge in [-0.15, -0.1) is 0 Å². The molecule has 5 rings (SSSR count). The van der Waals surface area contributed by atoms with E-state index in [1.165, 1.54) is 0 Å².